The van der Waals surface area contributed by atoms with Crippen LogP contribution in [0.25, 0.3) is 0 Å². The number of hydrogen-bond acceptors (Lipinski definition) is 2. The van der Waals surface area contributed by atoms with E-state index in [1.165, 1.54) is 19.3 Å². The van der Waals surface area contributed by atoms with Gasteiger partial charge >= 0.3 is 0 Å². The summed E-state index contributed by atoms with van der Waals surface area (Å²) in [5.41, 5.74) is 6.18. The third-order valence-corrected chi connectivity index (χ3v) is 2.35. The van der Waals surface area contributed by atoms with Gasteiger partial charge in [0.05, 0.1) is 0 Å². The largest absolute Gasteiger partial charge is 0.323 e. The standard InChI is InChI=1S/C7H14N2.ClH/c8-7(4-9-5-7)3-6-1-2-6;/h6,9H,1-5,8H2;1H. The van der Waals surface area contributed by atoms with Crippen molar-refractivity contribution in [2.75, 3.05) is 13.1 Å². The highest BCUT2D eigenvalue weighted by Gasteiger charge is 2.37. The maximum atomic E-state index is 5.98. The molecule has 1 saturated heterocycles. The van der Waals surface area contributed by atoms with Crippen LogP contribution in [0.1, 0.15) is 19.3 Å². The molecule has 0 aromatic heterocycles. The van der Waals surface area contributed by atoms with E-state index >= 15 is 0 Å². The van der Waals surface area contributed by atoms with E-state index in [1.807, 2.05) is 0 Å². The fourth-order valence-corrected chi connectivity index (χ4v) is 1.49. The summed E-state index contributed by atoms with van der Waals surface area (Å²) in [6.45, 7) is 2.09. The molecule has 1 aliphatic heterocycles. The molecule has 2 rings (SSSR count). The molecule has 0 unspecified atom stereocenters. The Bertz CT molecular complexity index is 119. The molecular weight excluding hydrogens is 148 g/mol. The lowest BCUT2D eigenvalue weighted by atomic mass is 9.88. The predicted octanol–water partition coefficient (Wildman–Crippen LogP) is 0.509. The highest BCUT2D eigenvalue weighted by atomic mass is 35.5. The zero-order valence-corrected chi connectivity index (χ0v) is 6.91. The SMILES string of the molecule is Cl.NC1(CC2CC2)CNC1. The summed E-state index contributed by atoms with van der Waals surface area (Å²) in [6, 6.07) is 0. The first kappa shape index (κ1) is 8.31. The van der Waals surface area contributed by atoms with E-state index in [4.69, 9.17) is 5.73 Å². The van der Waals surface area contributed by atoms with Gasteiger partial charge in [0.1, 0.15) is 0 Å². The Kier molecular flexibility index (Phi) is 2.23. The molecule has 0 radical (unpaired) electrons. The third kappa shape index (κ3) is 1.62. The summed E-state index contributed by atoms with van der Waals surface area (Å²) < 4.78 is 0. The van der Waals surface area contributed by atoms with Gasteiger partial charge in [-0.05, 0) is 12.3 Å². The molecular formula is C7H15ClN2. The number of halogens is 1. The topological polar surface area (TPSA) is 38.0 Å². The first-order chi connectivity index (χ1) is 4.29. The molecule has 2 fully saturated rings. The van der Waals surface area contributed by atoms with E-state index in [2.05, 4.69) is 5.32 Å². The van der Waals surface area contributed by atoms with Crippen molar-refractivity contribution in [1.29, 1.82) is 0 Å². The Balaban J connectivity index is 0.000000500. The lowest BCUT2D eigenvalue weighted by molar-refractivity contribution is 0.251. The maximum Gasteiger partial charge on any atom is 0.0409 e. The third-order valence-electron chi connectivity index (χ3n) is 2.35. The molecule has 60 valence electrons. The van der Waals surface area contributed by atoms with Crippen molar-refractivity contribution >= 4 is 12.4 Å². The van der Waals surface area contributed by atoms with Crippen LogP contribution in [0.3, 0.4) is 0 Å². The quantitative estimate of drug-likeness (QED) is 0.621. The molecule has 1 aliphatic carbocycles. The van der Waals surface area contributed by atoms with Crippen LogP contribution in [0.15, 0.2) is 0 Å². The molecule has 3 heteroatoms. The Hall–Kier alpha value is 0.210. The van der Waals surface area contributed by atoms with Gasteiger partial charge in [-0.15, -0.1) is 12.4 Å². The second kappa shape index (κ2) is 2.68. The van der Waals surface area contributed by atoms with Crippen molar-refractivity contribution < 1.29 is 0 Å². The van der Waals surface area contributed by atoms with Crippen LogP contribution in [0.2, 0.25) is 0 Å². The Morgan fingerprint density at radius 2 is 2.00 bits per heavy atom. The van der Waals surface area contributed by atoms with Gasteiger partial charge in [-0.3, -0.25) is 0 Å². The number of nitrogens with one attached hydrogen (secondary N) is 1. The molecule has 10 heavy (non-hydrogen) atoms. The van der Waals surface area contributed by atoms with Crippen LogP contribution in [-0.2, 0) is 0 Å². The van der Waals surface area contributed by atoms with Crippen LogP contribution in [0.5, 0.6) is 0 Å². The number of hydrogen-bond donors (Lipinski definition) is 2. The summed E-state index contributed by atoms with van der Waals surface area (Å²) in [5, 5.41) is 3.21. The van der Waals surface area contributed by atoms with Gasteiger partial charge in [-0.1, -0.05) is 12.8 Å². The summed E-state index contributed by atoms with van der Waals surface area (Å²) >= 11 is 0. The molecule has 2 aliphatic rings. The Morgan fingerprint density at radius 1 is 1.40 bits per heavy atom. The van der Waals surface area contributed by atoms with Gasteiger partial charge in [0, 0.05) is 18.6 Å². The first-order valence-electron chi connectivity index (χ1n) is 3.78. The van der Waals surface area contributed by atoms with E-state index in [0.29, 0.717) is 0 Å². The zero-order valence-electron chi connectivity index (χ0n) is 6.10. The molecule has 0 bridgehead atoms. The molecule has 0 atom stereocenters. The summed E-state index contributed by atoms with van der Waals surface area (Å²) in [7, 11) is 0. The second-order valence-corrected chi connectivity index (χ2v) is 3.61. The van der Waals surface area contributed by atoms with Crippen LogP contribution in [-0.4, -0.2) is 18.6 Å². The van der Waals surface area contributed by atoms with E-state index < -0.39 is 0 Å². The molecule has 0 aromatic carbocycles. The van der Waals surface area contributed by atoms with Crippen molar-refractivity contribution in [3.8, 4) is 0 Å². The van der Waals surface area contributed by atoms with Crippen molar-refractivity contribution in [2.24, 2.45) is 11.7 Å². The van der Waals surface area contributed by atoms with Gasteiger partial charge in [-0.2, -0.15) is 0 Å². The lowest BCUT2D eigenvalue weighted by Crippen LogP contribution is -2.65. The van der Waals surface area contributed by atoms with Gasteiger partial charge in [0.25, 0.3) is 0 Å². The molecule has 1 heterocycles. The van der Waals surface area contributed by atoms with Crippen LogP contribution in [0, 0.1) is 5.92 Å². The fourth-order valence-electron chi connectivity index (χ4n) is 1.49. The summed E-state index contributed by atoms with van der Waals surface area (Å²) in [5.74, 6) is 0.983. The normalized spacial score (nSPS) is 28.5. The Morgan fingerprint density at radius 3 is 2.30 bits per heavy atom. The number of rotatable bonds is 2. The van der Waals surface area contributed by atoms with Crippen LogP contribution >= 0.6 is 12.4 Å². The van der Waals surface area contributed by atoms with E-state index in [-0.39, 0.29) is 17.9 Å². The van der Waals surface area contributed by atoms with Crippen molar-refractivity contribution in [3.05, 3.63) is 0 Å². The smallest absolute Gasteiger partial charge is 0.0409 e. The van der Waals surface area contributed by atoms with Gasteiger partial charge in [-0.25, -0.2) is 0 Å². The Labute approximate surface area is 68.0 Å². The van der Waals surface area contributed by atoms with Crippen LogP contribution in [0.4, 0.5) is 0 Å². The van der Waals surface area contributed by atoms with Crippen molar-refractivity contribution in [1.82, 2.24) is 5.32 Å². The lowest BCUT2D eigenvalue weighted by Gasteiger charge is -2.39. The minimum atomic E-state index is 0. The molecule has 0 aromatic rings. The maximum absolute atomic E-state index is 5.98. The number of nitrogens with two attached hydrogens (primary N) is 1. The van der Waals surface area contributed by atoms with Crippen molar-refractivity contribution in [2.45, 2.75) is 24.8 Å². The average Bonchev–Trinajstić information content (AvgIpc) is 2.46. The van der Waals surface area contributed by atoms with Gasteiger partial charge in [0.15, 0.2) is 0 Å². The molecule has 1 saturated carbocycles. The van der Waals surface area contributed by atoms with E-state index in [9.17, 15) is 0 Å². The van der Waals surface area contributed by atoms with Crippen molar-refractivity contribution in [3.63, 3.8) is 0 Å². The molecule has 2 nitrogen and oxygen atoms in total. The van der Waals surface area contributed by atoms with Crippen LogP contribution < -0.4 is 11.1 Å². The first-order valence-corrected chi connectivity index (χ1v) is 3.78. The van der Waals surface area contributed by atoms with E-state index in [0.717, 1.165) is 19.0 Å². The summed E-state index contributed by atoms with van der Waals surface area (Å²) in [4.78, 5) is 0. The summed E-state index contributed by atoms with van der Waals surface area (Å²) in [6.07, 6.45) is 4.12. The van der Waals surface area contributed by atoms with Gasteiger partial charge < -0.3 is 11.1 Å². The minimum Gasteiger partial charge on any atom is -0.323 e. The fraction of sp³-hybridized carbons (Fsp3) is 1.00. The predicted molar refractivity (Wildman–Crippen MR) is 44.4 cm³/mol. The average molecular weight is 163 g/mol. The monoisotopic (exact) mass is 162 g/mol. The highest BCUT2D eigenvalue weighted by molar-refractivity contribution is 5.85. The minimum absolute atomic E-state index is 0. The molecule has 0 amide bonds. The van der Waals surface area contributed by atoms with E-state index in [1.54, 1.807) is 0 Å². The second-order valence-electron chi connectivity index (χ2n) is 3.61. The molecule has 3 N–H and O–H groups in total. The highest BCUT2D eigenvalue weighted by Crippen LogP contribution is 2.36. The zero-order chi connectivity index (χ0) is 6.32. The molecule has 0 spiro atoms. The van der Waals surface area contributed by atoms with Gasteiger partial charge in [0.2, 0.25) is 0 Å².